The van der Waals surface area contributed by atoms with Gasteiger partial charge in [-0.1, -0.05) is 36.7 Å². The largest absolute Gasteiger partial charge is 0.466 e. The normalized spacial score (nSPS) is 17.0. The van der Waals surface area contributed by atoms with Gasteiger partial charge in [-0.15, -0.1) is 0 Å². The van der Waals surface area contributed by atoms with Crippen LogP contribution in [-0.2, 0) is 9.53 Å². The van der Waals surface area contributed by atoms with E-state index in [4.69, 9.17) is 16.3 Å². The number of hydrogen-bond donors (Lipinski definition) is 1. The van der Waals surface area contributed by atoms with E-state index < -0.39 is 12.0 Å². The number of nitrogens with one attached hydrogen (secondary N) is 1. The number of methoxy groups -OCH3 is 1. The van der Waals surface area contributed by atoms with Crippen LogP contribution in [0.2, 0.25) is 5.02 Å². The quantitative estimate of drug-likeness (QED) is 0.881. The summed E-state index contributed by atoms with van der Waals surface area (Å²) in [5.74, 6) is 0.171. The van der Waals surface area contributed by atoms with Crippen molar-refractivity contribution in [1.82, 2.24) is 14.8 Å². The van der Waals surface area contributed by atoms with Crippen molar-refractivity contribution in [1.29, 1.82) is 0 Å². The second-order valence-electron chi connectivity index (χ2n) is 4.81. The molecule has 2 aromatic rings. The molecule has 1 aliphatic rings. The first-order valence-corrected chi connectivity index (χ1v) is 7.27. The van der Waals surface area contributed by atoms with Gasteiger partial charge < -0.3 is 10.1 Å². The highest BCUT2D eigenvalue weighted by molar-refractivity contribution is 6.31. The molecule has 7 heteroatoms. The van der Waals surface area contributed by atoms with Gasteiger partial charge in [0.2, 0.25) is 5.95 Å². The molecule has 22 heavy (non-hydrogen) atoms. The minimum atomic E-state index is -0.463. The first-order chi connectivity index (χ1) is 10.7. The van der Waals surface area contributed by atoms with Gasteiger partial charge >= 0.3 is 5.97 Å². The summed E-state index contributed by atoms with van der Waals surface area (Å²) in [7, 11) is 1.36. The number of carbonyl (C=O) groups is 1. The summed E-state index contributed by atoms with van der Waals surface area (Å²) >= 11 is 6.34. The van der Waals surface area contributed by atoms with Crippen LogP contribution >= 0.6 is 11.6 Å². The van der Waals surface area contributed by atoms with Gasteiger partial charge in [-0.05, 0) is 12.5 Å². The van der Waals surface area contributed by atoms with Gasteiger partial charge in [0.1, 0.15) is 12.4 Å². The molecule has 6 nitrogen and oxygen atoms in total. The highest BCUT2D eigenvalue weighted by atomic mass is 35.5. The Labute approximate surface area is 132 Å². The van der Waals surface area contributed by atoms with E-state index in [1.807, 2.05) is 25.1 Å². The van der Waals surface area contributed by atoms with E-state index in [-0.39, 0.29) is 0 Å². The lowest BCUT2D eigenvalue weighted by Crippen LogP contribution is -2.30. The van der Waals surface area contributed by atoms with Crippen LogP contribution < -0.4 is 5.32 Å². The molecule has 0 unspecified atom stereocenters. The molecule has 1 aliphatic heterocycles. The maximum absolute atomic E-state index is 12.3. The standard InChI is InChI=1S/C15H15ClN4O2/c1-3-11-12(14(21)22-2)13(9-6-4-5-7-10(9)16)20-15(19-11)17-8-18-20/h4-8,13H,3H2,1-2H3,(H,17,18,19)/t13-/m1/s1. The van der Waals surface area contributed by atoms with E-state index in [0.29, 0.717) is 23.0 Å². The molecule has 0 fully saturated rings. The second-order valence-corrected chi connectivity index (χ2v) is 5.22. The van der Waals surface area contributed by atoms with Gasteiger partial charge in [-0.25, -0.2) is 9.48 Å². The zero-order chi connectivity index (χ0) is 15.7. The van der Waals surface area contributed by atoms with Gasteiger partial charge in [-0.2, -0.15) is 10.1 Å². The van der Waals surface area contributed by atoms with E-state index in [1.165, 1.54) is 13.4 Å². The van der Waals surface area contributed by atoms with Gasteiger partial charge in [0.05, 0.1) is 12.7 Å². The van der Waals surface area contributed by atoms with Crippen LogP contribution in [0.25, 0.3) is 0 Å². The fraction of sp³-hybridized carbons (Fsp3) is 0.267. The maximum Gasteiger partial charge on any atom is 0.338 e. The van der Waals surface area contributed by atoms with Gasteiger partial charge in [0.15, 0.2) is 0 Å². The maximum atomic E-state index is 12.3. The number of anilines is 1. The number of ether oxygens (including phenoxy) is 1. The highest BCUT2D eigenvalue weighted by Gasteiger charge is 2.35. The Balaban J connectivity index is 2.25. The molecule has 0 saturated heterocycles. The number of carbonyl (C=O) groups excluding carboxylic acids is 1. The minimum Gasteiger partial charge on any atom is -0.466 e. The fourth-order valence-electron chi connectivity index (χ4n) is 2.63. The van der Waals surface area contributed by atoms with E-state index in [9.17, 15) is 4.79 Å². The predicted molar refractivity (Wildman–Crippen MR) is 82.6 cm³/mol. The monoisotopic (exact) mass is 318 g/mol. The summed E-state index contributed by atoms with van der Waals surface area (Å²) < 4.78 is 6.61. The van der Waals surface area contributed by atoms with Crippen molar-refractivity contribution in [3.05, 3.63) is 52.4 Å². The molecule has 0 spiro atoms. The Morgan fingerprint density at radius 3 is 2.91 bits per heavy atom. The number of esters is 1. The topological polar surface area (TPSA) is 69.0 Å². The van der Waals surface area contributed by atoms with Crippen molar-refractivity contribution >= 4 is 23.5 Å². The van der Waals surface area contributed by atoms with Gasteiger partial charge in [0, 0.05) is 16.3 Å². The van der Waals surface area contributed by atoms with Gasteiger partial charge in [0.25, 0.3) is 0 Å². The lowest BCUT2D eigenvalue weighted by atomic mass is 9.94. The minimum absolute atomic E-state index is 0.407. The van der Waals surface area contributed by atoms with Crippen LogP contribution in [-0.4, -0.2) is 27.8 Å². The first-order valence-electron chi connectivity index (χ1n) is 6.89. The summed E-state index contributed by atoms with van der Waals surface area (Å²) in [6.45, 7) is 1.96. The molecule has 0 aliphatic carbocycles. The number of benzene rings is 1. The lowest BCUT2D eigenvalue weighted by molar-refractivity contribution is -0.136. The number of hydrogen-bond acceptors (Lipinski definition) is 5. The summed E-state index contributed by atoms with van der Waals surface area (Å²) in [5.41, 5.74) is 2.04. The first kappa shape index (κ1) is 14.6. The Hall–Kier alpha value is -2.34. The van der Waals surface area contributed by atoms with E-state index in [2.05, 4.69) is 15.4 Å². The third-order valence-electron chi connectivity index (χ3n) is 3.64. The SMILES string of the molecule is CCC1=C(C(=O)OC)[C@@H](c2ccccc2Cl)n2ncnc2N1. The van der Waals surface area contributed by atoms with Crippen LogP contribution in [0.4, 0.5) is 5.95 Å². The van der Waals surface area contributed by atoms with Crippen LogP contribution in [0, 0.1) is 0 Å². The van der Waals surface area contributed by atoms with Crippen LogP contribution in [0.1, 0.15) is 24.9 Å². The van der Waals surface area contributed by atoms with Crippen molar-refractivity contribution in [3.8, 4) is 0 Å². The average Bonchev–Trinajstić information content (AvgIpc) is 3.01. The molecule has 0 radical (unpaired) electrons. The fourth-order valence-corrected chi connectivity index (χ4v) is 2.86. The second kappa shape index (κ2) is 5.81. The van der Waals surface area contributed by atoms with Crippen molar-refractivity contribution < 1.29 is 9.53 Å². The Morgan fingerprint density at radius 1 is 1.45 bits per heavy atom. The van der Waals surface area contributed by atoms with Crippen LogP contribution in [0.15, 0.2) is 41.9 Å². The highest BCUT2D eigenvalue weighted by Crippen LogP contribution is 2.38. The zero-order valence-corrected chi connectivity index (χ0v) is 13.0. The molecule has 114 valence electrons. The molecule has 0 bridgehead atoms. The number of fused-ring (bicyclic) bond motifs is 1. The molecule has 1 atom stereocenters. The Bertz CT molecular complexity index is 754. The molecular formula is C15H15ClN4O2. The summed E-state index contributed by atoms with van der Waals surface area (Å²) in [5, 5.41) is 7.93. The van der Waals surface area contributed by atoms with Crippen LogP contribution in [0.3, 0.4) is 0 Å². The zero-order valence-electron chi connectivity index (χ0n) is 12.2. The number of aromatic nitrogens is 3. The van der Waals surface area contributed by atoms with Crippen molar-refractivity contribution in [2.75, 3.05) is 12.4 Å². The molecule has 1 aromatic carbocycles. The number of allylic oxidation sites excluding steroid dienone is 1. The summed E-state index contributed by atoms with van der Waals surface area (Å²) in [6, 6.07) is 6.92. The van der Waals surface area contributed by atoms with Crippen molar-refractivity contribution in [2.45, 2.75) is 19.4 Å². The molecule has 0 amide bonds. The van der Waals surface area contributed by atoms with Crippen LogP contribution in [0.5, 0.6) is 0 Å². The number of nitrogens with zero attached hydrogens (tertiary/aromatic N) is 3. The van der Waals surface area contributed by atoms with E-state index in [1.54, 1.807) is 10.7 Å². The molecule has 1 N–H and O–H groups in total. The van der Waals surface area contributed by atoms with Crippen molar-refractivity contribution in [3.63, 3.8) is 0 Å². The Morgan fingerprint density at radius 2 is 2.23 bits per heavy atom. The average molecular weight is 319 g/mol. The molecular weight excluding hydrogens is 304 g/mol. The third-order valence-corrected chi connectivity index (χ3v) is 3.98. The van der Waals surface area contributed by atoms with E-state index >= 15 is 0 Å². The van der Waals surface area contributed by atoms with Gasteiger partial charge in [-0.3, -0.25) is 0 Å². The van der Waals surface area contributed by atoms with E-state index in [0.717, 1.165) is 11.3 Å². The number of halogens is 1. The summed E-state index contributed by atoms with van der Waals surface area (Å²) in [4.78, 5) is 16.5. The Kier molecular flexibility index (Phi) is 3.85. The molecule has 2 heterocycles. The molecule has 0 saturated carbocycles. The summed E-state index contributed by atoms with van der Waals surface area (Å²) in [6.07, 6.45) is 2.08. The number of rotatable bonds is 3. The molecule has 1 aromatic heterocycles. The smallest absolute Gasteiger partial charge is 0.338 e. The van der Waals surface area contributed by atoms with Crippen molar-refractivity contribution in [2.24, 2.45) is 0 Å². The third kappa shape index (κ3) is 2.25. The lowest BCUT2D eigenvalue weighted by Gasteiger charge is -2.29. The predicted octanol–water partition coefficient (Wildman–Crippen LogP) is 2.78. The molecule has 3 rings (SSSR count).